The van der Waals surface area contributed by atoms with Crippen LogP contribution >= 0.6 is 0 Å². The van der Waals surface area contributed by atoms with Crippen LogP contribution in [0.25, 0.3) is 10.5 Å². The zero-order valence-electron chi connectivity index (χ0n) is 16.7. The number of nitrogens with zero attached hydrogens (tertiary/aromatic N) is 4. The average Bonchev–Trinajstić information content (AvgIpc) is 3.23. The van der Waals surface area contributed by atoms with Crippen LogP contribution in [-0.2, 0) is 17.6 Å². The molecule has 0 saturated heterocycles. The van der Waals surface area contributed by atoms with E-state index in [2.05, 4.69) is 14.9 Å². The standard InChI is InChI=1S/C24H23FN4O/c1-26-21-11-10-19(27-16-21)14-17-6-8-18(9-7-17)24(30)15-20-12-13-29(28-20)23-5-3-2-4-22(23)25/h2-5,10-13,16-18H,6-9,14-15H2. The monoisotopic (exact) mass is 402 g/mol. The van der Waals surface area contributed by atoms with Crippen LogP contribution in [0.15, 0.2) is 54.9 Å². The number of carbonyl (C=O) groups is 1. The third kappa shape index (κ3) is 4.62. The van der Waals surface area contributed by atoms with E-state index in [1.54, 1.807) is 36.7 Å². The summed E-state index contributed by atoms with van der Waals surface area (Å²) in [5.74, 6) is 0.472. The first-order chi connectivity index (χ1) is 14.6. The minimum absolute atomic E-state index is 0.0670. The Hall–Kier alpha value is -3.33. The lowest BCUT2D eigenvalue weighted by Crippen LogP contribution is -2.24. The number of Topliss-reactive ketones (excluding diaryl/α,β-unsaturated/α-hetero) is 1. The summed E-state index contributed by atoms with van der Waals surface area (Å²) in [6, 6.07) is 12.0. The van der Waals surface area contributed by atoms with Gasteiger partial charge in [-0.05, 0) is 56.2 Å². The molecule has 0 spiro atoms. The van der Waals surface area contributed by atoms with Gasteiger partial charge in [0.05, 0.1) is 18.7 Å². The highest BCUT2D eigenvalue weighted by molar-refractivity contribution is 5.83. The molecule has 152 valence electrons. The lowest BCUT2D eigenvalue weighted by molar-refractivity contribution is -0.123. The summed E-state index contributed by atoms with van der Waals surface area (Å²) >= 11 is 0. The molecule has 0 bridgehead atoms. The van der Waals surface area contributed by atoms with Crippen LogP contribution in [0, 0.1) is 24.2 Å². The Bertz CT molecular complexity index is 1060. The summed E-state index contributed by atoms with van der Waals surface area (Å²) in [6.07, 6.45) is 8.29. The van der Waals surface area contributed by atoms with E-state index in [4.69, 9.17) is 6.57 Å². The lowest BCUT2D eigenvalue weighted by atomic mass is 9.77. The predicted octanol–water partition coefficient (Wildman–Crippen LogP) is 5.12. The van der Waals surface area contributed by atoms with Crippen molar-refractivity contribution in [2.24, 2.45) is 11.8 Å². The van der Waals surface area contributed by atoms with Crippen molar-refractivity contribution in [2.45, 2.75) is 38.5 Å². The molecule has 0 aliphatic heterocycles. The van der Waals surface area contributed by atoms with Crippen molar-refractivity contribution in [1.29, 1.82) is 0 Å². The fourth-order valence-electron chi connectivity index (χ4n) is 4.14. The molecule has 30 heavy (non-hydrogen) atoms. The van der Waals surface area contributed by atoms with Crippen molar-refractivity contribution in [3.8, 4) is 5.69 Å². The fourth-order valence-corrected chi connectivity index (χ4v) is 4.14. The average molecular weight is 402 g/mol. The van der Waals surface area contributed by atoms with Crippen molar-refractivity contribution >= 4 is 11.5 Å². The van der Waals surface area contributed by atoms with Crippen LogP contribution < -0.4 is 0 Å². The van der Waals surface area contributed by atoms with Crippen molar-refractivity contribution < 1.29 is 9.18 Å². The van der Waals surface area contributed by atoms with Gasteiger partial charge in [0.25, 0.3) is 0 Å². The topological polar surface area (TPSA) is 52.1 Å². The molecule has 2 heterocycles. The van der Waals surface area contributed by atoms with Gasteiger partial charge in [-0.1, -0.05) is 24.3 Å². The first-order valence-electron chi connectivity index (χ1n) is 10.3. The normalized spacial score (nSPS) is 18.7. The van der Waals surface area contributed by atoms with Crippen LogP contribution in [0.1, 0.15) is 37.1 Å². The second-order valence-corrected chi connectivity index (χ2v) is 7.89. The molecule has 0 unspecified atom stereocenters. The van der Waals surface area contributed by atoms with Gasteiger partial charge in [-0.15, -0.1) is 0 Å². The van der Waals surface area contributed by atoms with Gasteiger partial charge in [-0.25, -0.2) is 13.9 Å². The predicted molar refractivity (Wildman–Crippen MR) is 112 cm³/mol. The van der Waals surface area contributed by atoms with Gasteiger partial charge in [-0.2, -0.15) is 5.10 Å². The smallest absolute Gasteiger partial charge is 0.205 e. The number of halogens is 1. The summed E-state index contributed by atoms with van der Waals surface area (Å²) in [6.45, 7) is 6.99. The summed E-state index contributed by atoms with van der Waals surface area (Å²) in [4.78, 5) is 20.5. The van der Waals surface area contributed by atoms with Crippen molar-refractivity contribution in [3.63, 3.8) is 0 Å². The molecular formula is C24H23FN4O. The molecule has 0 N–H and O–H groups in total. The third-order valence-corrected chi connectivity index (χ3v) is 5.84. The second kappa shape index (κ2) is 9.00. The summed E-state index contributed by atoms with van der Waals surface area (Å²) in [5.41, 5.74) is 2.63. The number of aromatic nitrogens is 3. The van der Waals surface area contributed by atoms with Crippen LogP contribution in [0.2, 0.25) is 0 Å². The number of ketones is 1. The van der Waals surface area contributed by atoms with E-state index >= 15 is 0 Å². The summed E-state index contributed by atoms with van der Waals surface area (Å²) in [7, 11) is 0. The van der Waals surface area contributed by atoms with E-state index in [9.17, 15) is 9.18 Å². The Labute approximate surface area is 175 Å². The van der Waals surface area contributed by atoms with Crippen LogP contribution in [0.4, 0.5) is 10.1 Å². The number of hydrogen-bond acceptors (Lipinski definition) is 3. The Kier molecular flexibility index (Phi) is 5.99. The molecule has 1 fully saturated rings. The molecule has 0 radical (unpaired) electrons. The molecule has 1 aliphatic rings. The van der Waals surface area contributed by atoms with Crippen molar-refractivity contribution in [1.82, 2.24) is 14.8 Å². The highest BCUT2D eigenvalue weighted by Gasteiger charge is 2.27. The molecule has 3 aromatic rings. The van der Waals surface area contributed by atoms with Crippen LogP contribution in [0.3, 0.4) is 0 Å². The molecule has 6 heteroatoms. The molecular weight excluding hydrogens is 379 g/mol. The van der Waals surface area contributed by atoms with Crippen LogP contribution in [-0.4, -0.2) is 20.5 Å². The minimum atomic E-state index is -0.338. The zero-order chi connectivity index (χ0) is 20.9. The SMILES string of the molecule is [C-]#[N+]c1ccc(CC2CCC(C(=O)Cc3ccn(-c4ccccc4F)n3)CC2)nc1. The molecule has 0 amide bonds. The molecule has 1 aromatic carbocycles. The van der Waals surface area contributed by atoms with Gasteiger partial charge in [0.2, 0.25) is 5.69 Å². The molecule has 1 saturated carbocycles. The highest BCUT2D eigenvalue weighted by Crippen LogP contribution is 2.32. The number of benzene rings is 1. The van der Waals surface area contributed by atoms with E-state index in [1.165, 1.54) is 10.7 Å². The number of carbonyl (C=O) groups excluding carboxylic acids is 1. The Morgan fingerprint density at radius 3 is 2.60 bits per heavy atom. The van der Waals surface area contributed by atoms with Gasteiger partial charge in [0, 0.05) is 24.0 Å². The van der Waals surface area contributed by atoms with Gasteiger partial charge < -0.3 is 0 Å². The maximum Gasteiger partial charge on any atom is 0.205 e. The van der Waals surface area contributed by atoms with E-state index in [1.807, 2.05) is 12.1 Å². The third-order valence-electron chi connectivity index (χ3n) is 5.84. The van der Waals surface area contributed by atoms with Gasteiger partial charge in [0.15, 0.2) is 0 Å². The summed E-state index contributed by atoms with van der Waals surface area (Å²) in [5, 5.41) is 4.39. The Morgan fingerprint density at radius 2 is 1.90 bits per heavy atom. The minimum Gasteiger partial charge on any atom is -0.299 e. The number of hydrogen-bond donors (Lipinski definition) is 0. The van der Waals surface area contributed by atoms with Gasteiger partial charge >= 0.3 is 0 Å². The largest absolute Gasteiger partial charge is 0.299 e. The van der Waals surface area contributed by atoms with E-state index in [-0.39, 0.29) is 23.9 Å². The number of para-hydroxylation sites is 1. The van der Waals surface area contributed by atoms with Crippen LogP contribution in [0.5, 0.6) is 0 Å². The maximum absolute atomic E-state index is 13.9. The highest BCUT2D eigenvalue weighted by atomic mass is 19.1. The molecule has 4 rings (SSSR count). The first-order valence-corrected chi connectivity index (χ1v) is 10.3. The Balaban J connectivity index is 1.29. The first kappa shape index (κ1) is 20.0. The van der Waals surface area contributed by atoms with E-state index < -0.39 is 0 Å². The molecule has 5 nitrogen and oxygen atoms in total. The lowest BCUT2D eigenvalue weighted by Gasteiger charge is -2.27. The van der Waals surface area contributed by atoms with Crippen molar-refractivity contribution in [2.75, 3.05) is 0 Å². The van der Waals surface area contributed by atoms with E-state index in [0.717, 1.165) is 37.8 Å². The van der Waals surface area contributed by atoms with Gasteiger partial charge in [-0.3, -0.25) is 9.78 Å². The molecule has 2 aromatic heterocycles. The summed E-state index contributed by atoms with van der Waals surface area (Å²) < 4.78 is 15.4. The second-order valence-electron chi connectivity index (χ2n) is 7.89. The zero-order valence-corrected chi connectivity index (χ0v) is 16.7. The molecule has 0 atom stereocenters. The Morgan fingerprint density at radius 1 is 1.10 bits per heavy atom. The fraction of sp³-hybridized carbons (Fsp3) is 0.333. The molecule has 1 aliphatic carbocycles. The van der Waals surface area contributed by atoms with E-state index in [0.29, 0.717) is 23.0 Å². The van der Waals surface area contributed by atoms with Gasteiger partial charge in [0.1, 0.15) is 17.3 Å². The number of rotatable bonds is 6. The quantitative estimate of drug-likeness (QED) is 0.538. The van der Waals surface area contributed by atoms with Crippen molar-refractivity contribution in [3.05, 3.63) is 83.5 Å². The number of pyridine rings is 1. The maximum atomic E-state index is 13.9.